The van der Waals surface area contributed by atoms with Gasteiger partial charge in [-0.3, -0.25) is 0 Å². The van der Waals surface area contributed by atoms with Gasteiger partial charge in [0.1, 0.15) is 11.3 Å². The molecule has 0 atom stereocenters. The maximum Gasteiger partial charge on any atom is 0.208 e. The van der Waals surface area contributed by atoms with Gasteiger partial charge in [-0.25, -0.2) is 9.67 Å². The van der Waals surface area contributed by atoms with Gasteiger partial charge in [0.05, 0.1) is 6.04 Å². The molecule has 1 aliphatic rings. The highest BCUT2D eigenvalue weighted by Crippen LogP contribution is 2.25. The first-order chi connectivity index (χ1) is 7.27. The number of nitrogens with two attached hydrogens (primary N) is 1. The maximum absolute atomic E-state index is 5.48. The third kappa shape index (κ3) is 2.53. The van der Waals surface area contributed by atoms with Crippen molar-refractivity contribution in [2.45, 2.75) is 44.6 Å². The summed E-state index contributed by atoms with van der Waals surface area (Å²) in [6.07, 6.45) is 9.39. The first kappa shape index (κ1) is 10.5. The average Bonchev–Trinajstić information content (AvgIpc) is 2.55. The third-order valence-corrected chi connectivity index (χ3v) is 3.11. The van der Waals surface area contributed by atoms with Crippen LogP contribution in [0.2, 0.25) is 0 Å². The molecule has 0 amide bonds. The highest BCUT2D eigenvalue weighted by Gasteiger charge is 2.15. The number of hydrogen-bond acceptors (Lipinski definition) is 3. The lowest BCUT2D eigenvalue weighted by molar-refractivity contribution is 0.404. The summed E-state index contributed by atoms with van der Waals surface area (Å²) in [7, 11) is 0. The van der Waals surface area contributed by atoms with E-state index in [-0.39, 0.29) is 4.99 Å². The van der Waals surface area contributed by atoms with Gasteiger partial charge in [-0.15, -0.1) is 5.10 Å². The Morgan fingerprint density at radius 2 is 2.00 bits per heavy atom. The summed E-state index contributed by atoms with van der Waals surface area (Å²) in [6, 6.07) is 0.489. The van der Waals surface area contributed by atoms with Gasteiger partial charge in [-0.1, -0.05) is 37.9 Å². The number of aromatic nitrogens is 3. The van der Waals surface area contributed by atoms with Crippen molar-refractivity contribution in [1.82, 2.24) is 14.8 Å². The number of rotatable bonds is 2. The zero-order valence-corrected chi connectivity index (χ0v) is 9.54. The quantitative estimate of drug-likeness (QED) is 0.615. The van der Waals surface area contributed by atoms with E-state index >= 15 is 0 Å². The Balaban J connectivity index is 2.10. The number of hydrogen-bond donors (Lipinski definition) is 1. The third-order valence-electron chi connectivity index (χ3n) is 2.93. The summed E-state index contributed by atoms with van der Waals surface area (Å²) >= 11 is 4.84. The van der Waals surface area contributed by atoms with Crippen LogP contribution in [0.1, 0.15) is 50.4 Å². The second-order valence-electron chi connectivity index (χ2n) is 4.06. The largest absolute Gasteiger partial charge is 0.387 e. The van der Waals surface area contributed by atoms with Crippen molar-refractivity contribution < 1.29 is 0 Å². The molecular formula is C10H16N4S. The minimum atomic E-state index is 0.280. The van der Waals surface area contributed by atoms with Crippen molar-refractivity contribution in [2.24, 2.45) is 5.73 Å². The van der Waals surface area contributed by atoms with Gasteiger partial charge in [0.25, 0.3) is 0 Å². The van der Waals surface area contributed by atoms with E-state index in [1.807, 2.05) is 4.68 Å². The van der Waals surface area contributed by atoms with Gasteiger partial charge in [-0.2, -0.15) is 0 Å². The summed E-state index contributed by atoms with van der Waals surface area (Å²) in [6.45, 7) is 0. The van der Waals surface area contributed by atoms with E-state index in [0.717, 1.165) is 0 Å². The molecule has 0 saturated heterocycles. The summed E-state index contributed by atoms with van der Waals surface area (Å²) < 4.78 is 1.93. The predicted octanol–water partition coefficient (Wildman–Crippen LogP) is 1.81. The van der Waals surface area contributed by atoms with Crippen LogP contribution in [0.4, 0.5) is 0 Å². The van der Waals surface area contributed by atoms with Crippen LogP contribution in [0.5, 0.6) is 0 Å². The zero-order chi connectivity index (χ0) is 10.7. The number of nitrogens with zero attached hydrogens (tertiary/aromatic N) is 3. The zero-order valence-electron chi connectivity index (χ0n) is 8.72. The molecule has 0 aliphatic heterocycles. The number of thiocarbonyl (C=S) groups is 1. The maximum atomic E-state index is 5.48. The van der Waals surface area contributed by atoms with E-state index in [9.17, 15) is 0 Å². The Bertz CT molecular complexity index is 339. The van der Waals surface area contributed by atoms with Crippen molar-refractivity contribution in [3.8, 4) is 0 Å². The van der Waals surface area contributed by atoms with Crippen molar-refractivity contribution >= 4 is 17.2 Å². The molecular weight excluding hydrogens is 208 g/mol. The summed E-state index contributed by atoms with van der Waals surface area (Å²) in [5.41, 5.74) is 5.48. The molecule has 0 bridgehead atoms. The first-order valence-corrected chi connectivity index (χ1v) is 5.89. The molecule has 15 heavy (non-hydrogen) atoms. The summed E-state index contributed by atoms with van der Waals surface area (Å²) in [5.74, 6) is 0.495. The molecule has 4 nitrogen and oxygen atoms in total. The van der Waals surface area contributed by atoms with Crippen LogP contribution in [0.15, 0.2) is 6.33 Å². The molecule has 1 saturated carbocycles. The Morgan fingerprint density at radius 3 is 2.53 bits per heavy atom. The van der Waals surface area contributed by atoms with Gasteiger partial charge >= 0.3 is 0 Å². The van der Waals surface area contributed by atoms with E-state index in [0.29, 0.717) is 11.9 Å². The molecule has 1 aromatic heterocycles. The lowest BCUT2D eigenvalue weighted by Gasteiger charge is -2.13. The van der Waals surface area contributed by atoms with Crippen LogP contribution in [0.3, 0.4) is 0 Å². The van der Waals surface area contributed by atoms with Gasteiger partial charge in [0, 0.05) is 0 Å². The molecule has 2 rings (SSSR count). The molecule has 0 unspecified atom stereocenters. The highest BCUT2D eigenvalue weighted by molar-refractivity contribution is 7.80. The fraction of sp³-hybridized carbons (Fsp3) is 0.700. The molecule has 1 heterocycles. The van der Waals surface area contributed by atoms with E-state index in [2.05, 4.69) is 10.1 Å². The normalized spacial score (nSPS) is 18.7. The standard InChI is InChI=1S/C10H16N4S/c11-9(15)10-12-7-14(13-10)8-5-3-1-2-4-6-8/h7-8H,1-6H2,(H2,11,15). The van der Waals surface area contributed by atoms with E-state index in [1.165, 1.54) is 38.5 Å². The van der Waals surface area contributed by atoms with Crippen molar-refractivity contribution in [1.29, 1.82) is 0 Å². The molecule has 1 aromatic rings. The fourth-order valence-electron chi connectivity index (χ4n) is 2.09. The van der Waals surface area contributed by atoms with Crippen LogP contribution in [-0.2, 0) is 0 Å². The van der Waals surface area contributed by atoms with Crippen LogP contribution in [0, 0.1) is 0 Å². The van der Waals surface area contributed by atoms with Gasteiger partial charge in [-0.05, 0) is 12.8 Å². The molecule has 0 aromatic carbocycles. The molecule has 0 spiro atoms. The van der Waals surface area contributed by atoms with E-state index in [4.69, 9.17) is 18.0 Å². The molecule has 0 radical (unpaired) electrons. The molecule has 2 N–H and O–H groups in total. The summed E-state index contributed by atoms with van der Waals surface area (Å²) in [5, 5.41) is 4.31. The van der Waals surface area contributed by atoms with Crippen LogP contribution >= 0.6 is 12.2 Å². The minimum Gasteiger partial charge on any atom is -0.387 e. The lowest BCUT2D eigenvalue weighted by Crippen LogP contribution is -2.14. The Morgan fingerprint density at radius 1 is 1.33 bits per heavy atom. The second kappa shape index (κ2) is 4.70. The van der Waals surface area contributed by atoms with Crippen LogP contribution in [0.25, 0.3) is 0 Å². The van der Waals surface area contributed by atoms with Crippen molar-refractivity contribution in [2.75, 3.05) is 0 Å². The fourth-order valence-corrected chi connectivity index (χ4v) is 2.18. The van der Waals surface area contributed by atoms with E-state index < -0.39 is 0 Å². The molecule has 1 fully saturated rings. The Kier molecular flexibility index (Phi) is 3.30. The Hall–Kier alpha value is -0.970. The summed E-state index contributed by atoms with van der Waals surface area (Å²) in [4.78, 5) is 4.39. The average molecular weight is 224 g/mol. The van der Waals surface area contributed by atoms with Gasteiger partial charge < -0.3 is 5.73 Å². The second-order valence-corrected chi connectivity index (χ2v) is 4.50. The topological polar surface area (TPSA) is 56.7 Å². The van der Waals surface area contributed by atoms with Crippen LogP contribution < -0.4 is 5.73 Å². The van der Waals surface area contributed by atoms with Crippen LogP contribution in [-0.4, -0.2) is 19.8 Å². The van der Waals surface area contributed by atoms with Crippen molar-refractivity contribution in [3.63, 3.8) is 0 Å². The molecule has 5 heteroatoms. The molecule has 1 aliphatic carbocycles. The Labute approximate surface area is 94.9 Å². The van der Waals surface area contributed by atoms with E-state index in [1.54, 1.807) is 6.33 Å². The smallest absolute Gasteiger partial charge is 0.208 e. The SMILES string of the molecule is NC(=S)c1ncn(C2CCCCCC2)n1. The van der Waals surface area contributed by atoms with Crippen molar-refractivity contribution in [3.05, 3.63) is 12.2 Å². The lowest BCUT2D eigenvalue weighted by atomic mass is 10.1. The first-order valence-electron chi connectivity index (χ1n) is 5.48. The van der Waals surface area contributed by atoms with Gasteiger partial charge in [0.2, 0.25) is 5.82 Å². The molecule has 82 valence electrons. The highest BCUT2D eigenvalue weighted by atomic mass is 32.1. The monoisotopic (exact) mass is 224 g/mol. The minimum absolute atomic E-state index is 0.280. The predicted molar refractivity (Wildman–Crippen MR) is 62.6 cm³/mol. The van der Waals surface area contributed by atoms with Gasteiger partial charge in [0.15, 0.2) is 0 Å².